The van der Waals surface area contributed by atoms with Gasteiger partial charge in [-0.3, -0.25) is 14.7 Å². The third-order valence-corrected chi connectivity index (χ3v) is 14.8. The SMILES string of the molecule is CC(C)(C)[Si](C)(C)O[C@@H](CNCc1ccc2c(c1)oc(=O)n2CCCC=Cc1ccc(-c2ccccc2)c(NC(=O)O)c1)c1ccc(O)c2[nH]c(=O)ccc12. The number of pyridine rings is 1. The number of aryl methyl sites for hydroxylation is 1. The maximum Gasteiger partial charge on any atom is 0.419 e. The van der Waals surface area contributed by atoms with Gasteiger partial charge in [-0.1, -0.05) is 87.5 Å². The number of fused-ring (bicyclic) bond motifs is 2. The minimum absolute atomic E-state index is 0.00417. The number of unbranched alkanes of at least 4 members (excludes halogenated alkanes) is 1. The molecule has 0 aliphatic carbocycles. The number of carboxylic acid groups (broad SMARTS) is 1. The summed E-state index contributed by atoms with van der Waals surface area (Å²) >= 11 is 0. The van der Waals surface area contributed by atoms with Gasteiger partial charge in [-0.2, -0.15) is 0 Å². The number of oxazole rings is 1. The molecule has 0 fully saturated rings. The monoisotopic (exact) mass is 760 g/mol. The lowest BCUT2D eigenvalue weighted by molar-refractivity contribution is 0.181. The number of phenols is 1. The molecule has 6 aromatic rings. The maximum absolute atomic E-state index is 12.9. The Morgan fingerprint density at radius 1 is 1.00 bits per heavy atom. The second kappa shape index (κ2) is 16.4. The smallest absolute Gasteiger partial charge is 0.419 e. The van der Waals surface area contributed by atoms with Gasteiger partial charge in [0.25, 0.3) is 0 Å². The van der Waals surface area contributed by atoms with Gasteiger partial charge in [0.05, 0.1) is 22.8 Å². The zero-order valence-corrected chi connectivity index (χ0v) is 32.8. The van der Waals surface area contributed by atoms with E-state index in [2.05, 4.69) is 49.5 Å². The highest BCUT2D eigenvalue weighted by Gasteiger charge is 2.39. The molecule has 0 saturated heterocycles. The molecule has 12 heteroatoms. The van der Waals surface area contributed by atoms with Crippen LogP contribution in [0.15, 0.2) is 111 Å². The molecule has 2 aromatic heterocycles. The summed E-state index contributed by atoms with van der Waals surface area (Å²) < 4.78 is 14.2. The van der Waals surface area contributed by atoms with Crippen molar-refractivity contribution in [1.82, 2.24) is 14.9 Å². The van der Waals surface area contributed by atoms with Crippen LogP contribution >= 0.6 is 0 Å². The summed E-state index contributed by atoms with van der Waals surface area (Å²) in [6.45, 7) is 12.4. The molecule has 0 radical (unpaired) electrons. The van der Waals surface area contributed by atoms with E-state index in [1.165, 1.54) is 6.07 Å². The number of phenolic OH excluding ortho intramolecular Hbond substituents is 1. The Bertz CT molecular complexity index is 2460. The topological polar surface area (TPSA) is 159 Å². The zero-order chi connectivity index (χ0) is 39.3. The molecule has 11 nitrogen and oxygen atoms in total. The number of aromatic nitrogens is 2. The third kappa shape index (κ3) is 9.17. The van der Waals surface area contributed by atoms with Crippen LogP contribution < -0.4 is 21.9 Å². The molecule has 0 aliphatic heterocycles. The Hall–Kier alpha value is -5.69. The van der Waals surface area contributed by atoms with Crippen molar-refractivity contribution in [2.24, 2.45) is 0 Å². The number of rotatable bonds is 14. The number of nitrogens with zero attached hydrogens (tertiary/aromatic N) is 1. The second-order valence-corrected chi connectivity index (χ2v) is 20.0. The van der Waals surface area contributed by atoms with Gasteiger partial charge in [-0.25, -0.2) is 9.59 Å². The lowest BCUT2D eigenvalue weighted by Gasteiger charge is -2.39. The van der Waals surface area contributed by atoms with Crippen molar-refractivity contribution in [3.63, 3.8) is 0 Å². The third-order valence-electron chi connectivity index (χ3n) is 10.3. The first-order chi connectivity index (χ1) is 26.2. The molecule has 5 N–H and O–H groups in total. The normalized spacial score (nSPS) is 12.8. The molecule has 0 aliphatic rings. The predicted molar refractivity (Wildman–Crippen MR) is 221 cm³/mol. The summed E-state index contributed by atoms with van der Waals surface area (Å²) in [5, 5.41) is 26.6. The van der Waals surface area contributed by atoms with E-state index in [0.29, 0.717) is 49.3 Å². The molecule has 286 valence electrons. The van der Waals surface area contributed by atoms with Crippen LogP contribution in [0.2, 0.25) is 18.1 Å². The molecule has 6 rings (SSSR count). The molecule has 1 amide bonds. The molecule has 1 atom stereocenters. The van der Waals surface area contributed by atoms with Crippen molar-refractivity contribution < 1.29 is 23.9 Å². The highest BCUT2D eigenvalue weighted by molar-refractivity contribution is 6.74. The Morgan fingerprint density at radius 3 is 2.53 bits per heavy atom. The van der Waals surface area contributed by atoms with Crippen molar-refractivity contribution in [2.45, 2.75) is 70.9 Å². The first kappa shape index (κ1) is 39.0. The number of aromatic hydroxyl groups is 1. The van der Waals surface area contributed by atoms with Gasteiger partial charge in [0.2, 0.25) is 5.56 Å². The largest absolute Gasteiger partial charge is 0.506 e. The van der Waals surface area contributed by atoms with Crippen LogP contribution in [-0.4, -0.2) is 40.7 Å². The molecule has 4 aromatic carbocycles. The summed E-state index contributed by atoms with van der Waals surface area (Å²) in [5.74, 6) is -0.408. The van der Waals surface area contributed by atoms with Crippen molar-refractivity contribution >= 4 is 48.2 Å². The highest BCUT2D eigenvalue weighted by atomic mass is 28.4. The summed E-state index contributed by atoms with van der Waals surface area (Å²) in [5.41, 5.74) is 6.23. The van der Waals surface area contributed by atoms with Crippen LogP contribution in [0.1, 0.15) is 56.4 Å². The average molecular weight is 761 g/mol. The Labute approximate surface area is 320 Å². The van der Waals surface area contributed by atoms with E-state index in [0.717, 1.165) is 38.7 Å². The molecule has 0 unspecified atom stereocenters. The fraction of sp³-hybridized carbons (Fsp3) is 0.279. The molecule has 0 saturated carbocycles. The fourth-order valence-electron chi connectivity index (χ4n) is 6.41. The Morgan fingerprint density at radius 2 is 1.78 bits per heavy atom. The van der Waals surface area contributed by atoms with E-state index in [4.69, 9.17) is 8.84 Å². The number of amides is 1. The first-order valence-corrected chi connectivity index (χ1v) is 21.3. The molecule has 0 bridgehead atoms. The lowest BCUT2D eigenvalue weighted by atomic mass is 10.0. The van der Waals surface area contributed by atoms with Crippen molar-refractivity contribution in [1.29, 1.82) is 0 Å². The van der Waals surface area contributed by atoms with Gasteiger partial charge < -0.3 is 29.4 Å². The van der Waals surface area contributed by atoms with Gasteiger partial charge in [0.15, 0.2) is 13.9 Å². The Balaban J connectivity index is 1.11. The van der Waals surface area contributed by atoms with Crippen LogP contribution in [0.25, 0.3) is 39.2 Å². The number of allylic oxidation sites excluding steroid dienone is 1. The van der Waals surface area contributed by atoms with Gasteiger partial charge in [-0.15, -0.1) is 0 Å². The van der Waals surface area contributed by atoms with Crippen molar-refractivity contribution in [2.75, 3.05) is 11.9 Å². The highest BCUT2D eigenvalue weighted by Crippen LogP contribution is 2.41. The quantitative estimate of drug-likeness (QED) is 0.0543. The molecular formula is C43H48N4O7Si. The summed E-state index contributed by atoms with van der Waals surface area (Å²) in [6, 6.07) is 27.7. The lowest BCUT2D eigenvalue weighted by Crippen LogP contribution is -2.43. The molecule has 55 heavy (non-hydrogen) atoms. The number of carbonyl (C=O) groups is 1. The minimum Gasteiger partial charge on any atom is -0.506 e. The van der Waals surface area contributed by atoms with Gasteiger partial charge in [0, 0.05) is 36.7 Å². The van der Waals surface area contributed by atoms with Gasteiger partial charge in [0.1, 0.15) is 5.75 Å². The van der Waals surface area contributed by atoms with Crippen LogP contribution in [0, 0.1) is 0 Å². The van der Waals surface area contributed by atoms with Gasteiger partial charge in [-0.05, 0) is 83.6 Å². The van der Waals surface area contributed by atoms with Crippen LogP contribution in [-0.2, 0) is 17.5 Å². The van der Waals surface area contributed by atoms with Crippen LogP contribution in [0.3, 0.4) is 0 Å². The summed E-state index contributed by atoms with van der Waals surface area (Å²) in [4.78, 5) is 39.2. The van der Waals surface area contributed by atoms with Crippen LogP contribution in [0.4, 0.5) is 10.5 Å². The summed E-state index contributed by atoms with van der Waals surface area (Å²) in [7, 11) is -2.24. The fourth-order valence-corrected chi connectivity index (χ4v) is 7.68. The number of H-pyrrole nitrogens is 1. The zero-order valence-electron chi connectivity index (χ0n) is 31.8. The Kier molecular flexibility index (Phi) is 11.6. The van der Waals surface area contributed by atoms with E-state index in [1.807, 2.05) is 84.9 Å². The molecular weight excluding hydrogens is 713 g/mol. The van der Waals surface area contributed by atoms with Crippen molar-refractivity contribution in [3.8, 4) is 16.9 Å². The maximum atomic E-state index is 12.9. The number of anilines is 1. The number of aromatic amines is 1. The number of hydrogen-bond acceptors (Lipinski definition) is 7. The number of nitrogens with one attached hydrogen (secondary N) is 3. The predicted octanol–water partition coefficient (Wildman–Crippen LogP) is 9.24. The number of benzene rings is 4. The molecule has 2 heterocycles. The van der Waals surface area contributed by atoms with Gasteiger partial charge >= 0.3 is 11.8 Å². The second-order valence-electron chi connectivity index (χ2n) is 15.3. The van der Waals surface area contributed by atoms with E-state index >= 15 is 0 Å². The van der Waals surface area contributed by atoms with E-state index in [-0.39, 0.29) is 22.5 Å². The standard InChI is InChI=1S/C43H48N4O7Si/c1-43(2,3)55(4,5)54-38(32-18-21-36(48)40-33(32)19-22-39(49)46-40)27-44-26-29-16-20-35-37(25-29)53-42(52)47(35)23-11-7-8-12-28-15-17-31(30-13-9-6-10-14-30)34(24-28)45-41(50)51/h6,8-10,12-22,24-25,38,44-45,48H,7,11,23,26-27H2,1-5H3,(H,46,49)(H,50,51)/t38-/m0/s1. The number of hydrogen-bond donors (Lipinski definition) is 5. The average Bonchev–Trinajstić information content (AvgIpc) is 3.44. The first-order valence-electron chi connectivity index (χ1n) is 18.4. The minimum atomic E-state index is -2.24. The van der Waals surface area contributed by atoms with E-state index in [9.17, 15) is 24.6 Å². The van der Waals surface area contributed by atoms with Crippen LogP contribution in [0.5, 0.6) is 5.75 Å². The van der Waals surface area contributed by atoms with E-state index in [1.54, 1.807) is 16.7 Å². The van der Waals surface area contributed by atoms with E-state index < -0.39 is 20.2 Å². The van der Waals surface area contributed by atoms with Crippen molar-refractivity contribution in [3.05, 3.63) is 135 Å². The molecule has 0 spiro atoms. The summed E-state index contributed by atoms with van der Waals surface area (Å²) in [6.07, 6.45) is 3.88.